The monoisotopic (exact) mass is 351 g/mol. The van der Waals surface area contributed by atoms with Gasteiger partial charge in [0, 0.05) is 6.04 Å². The zero-order valence-corrected chi connectivity index (χ0v) is 15.1. The van der Waals surface area contributed by atoms with Crippen molar-refractivity contribution >= 4 is 16.0 Å². The average Bonchev–Trinajstić information content (AvgIpc) is 2.39. The van der Waals surface area contributed by atoms with Gasteiger partial charge in [0.05, 0.1) is 31.0 Å². The van der Waals surface area contributed by atoms with E-state index in [1.165, 1.54) is 7.11 Å². The van der Waals surface area contributed by atoms with E-state index in [-0.39, 0.29) is 12.2 Å². The van der Waals surface area contributed by atoms with Gasteiger partial charge in [-0.1, -0.05) is 27.2 Å². The maximum atomic E-state index is 12.3. The Labute approximate surface area is 138 Å². The molecule has 0 saturated heterocycles. The van der Waals surface area contributed by atoms with Crippen molar-refractivity contribution in [2.45, 2.75) is 58.6 Å². The zero-order chi connectivity index (χ0) is 17.9. The summed E-state index contributed by atoms with van der Waals surface area (Å²) in [5.74, 6) is -0.862. The lowest BCUT2D eigenvalue weighted by atomic mass is 9.70. The second-order valence-electron chi connectivity index (χ2n) is 7.50. The van der Waals surface area contributed by atoms with Crippen molar-refractivity contribution in [3.63, 3.8) is 0 Å². The van der Waals surface area contributed by atoms with Gasteiger partial charge in [0.15, 0.2) is 0 Å². The number of aliphatic hydroxyl groups is 2. The summed E-state index contributed by atoms with van der Waals surface area (Å²) >= 11 is 0. The first kappa shape index (κ1) is 20.3. The molecule has 2 atom stereocenters. The van der Waals surface area contributed by atoms with Crippen LogP contribution in [0.25, 0.3) is 0 Å². The summed E-state index contributed by atoms with van der Waals surface area (Å²) in [4.78, 5) is 11.9. The van der Waals surface area contributed by atoms with Gasteiger partial charge in [-0.25, -0.2) is 13.1 Å². The number of sulfonamides is 1. The Morgan fingerprint density at radius 3 is 2.26 bits per heavy atom. The van der Waals surface area contributed by atoms with Crippen LogP contribution in [0.1, 0.15) is 46.5 Å². The molecule has 0 heterocycles. The lowest BCUT2D eigenvalue weighted by Crippen LogP contribution is -2.50. The molecule has 0 unspecified atom stereocenters. The highest BCUT2D eigenvalue weighted by molar-refractivity contribution is 7.89. The quantitative estimate of drug-likeness (QED) is 0.546. The minimum absolute atomic E-state index is 0.102. The van der Waals surface area contributed by atoms with Crippen LogP contribution in [0.4, 0.5) is 0 Å². The first-order valence-corrected chi connectivity index (χ1v) is 9.48. The highest BCUT2D eigenvalue weighted by Crippen LogP contribution is 2.43. The van der Waals surface area contributed by atoms with Gasteiger partial charge < -0.3 is 14.9 Å². The lowest BCUT2D eigenvalue weighted by Gasteiger charge is -2.38. The number of methoxy groups -OCH3 is 1. The molecule has 0 aliphatic heterocycles. The zero-order valence-electron chi connectivity index (χ0n) is 14.3. The molecular weight excluding hydrogens is 322 g/mol. The number of esters is 1. The van der Waals surface area contributed by atoms with E-state index in [9.17, 15) is 23.4 Å². The third-order valence-electron chi connectivity index (χ3n) is 4.47. The number of ether oxygens (including phenoxy) is 1. The summed E-state index contributed by atoms with van der Waals surface area (Å²) in [5, 5.41) is 19.5. The maximum Gasteiger partial charge on any atom is 0.312 e. The number of carbonyl (C=O) groups excluding carboxylic acids is 1. The van der Waals surface area contributed by atoms with Crippen LogP contribution < -0.4 is 4.72 Å². The molecule has 1 aliphatic rings. The van der Waals surface area contributed by atoms with Crippen LogP contribution in [0.2, 0.25) is 0 Å². The summed E-state index contributed by atoms with van der Waals surface area (Å²) in [6, 6.07) is -0.788. The van der Waals surface area contributed by atoms with Crippen molar-refractivity contribution in [2.24, 2.45) is 10.8 Å². The van der Waals surface area contributed by atoms with Gasteiger partial charge in [-0.3, -0.25) is 4.79 Å². The number of hydrogen-bond acceptors (Lipinski definition) is 6. The molecule has 7 nitrogen and oxygen atoms in total. The van der Waals surface area contributed by atoms with E-state index >= 15 is 0 Å². The fourth-order valence-corrected chi connectivity index (χ4v) is 4.57. The number of aliphatic hydroxyl groups excluding tert-OH is 2. The normalized spacial score (nSPS) is 20.4. The molecule has 0 radical (unpaired) electrons. The molecule has 1 fully saturated rings. The molecule has 136 valence electrons. The molecule has 0 amide bonds. The molecular formula is C15H29NO6S. The molecule has 0 aromatic rings. The summed E-state index contributed by atoms with van der Waals surface area (Å²) < 4.78 is 31.8. The van der Waals surface area contributed by atoms with Gasteiger partial charge >= 0.3 is 5.97 Å². The Kier molecular flexibility index (Phi) is 6.60. The van der Waals surface area contributed by atoms with Gasteiger partial charge in [-0.15, -0.1) is 0 Å². The van der Waals surface area contributed by atoms with E-state index in [4.69, 9.17) is 4.74 Å². The van der Waals surface area contributed by atoms with E-state index in [0.29, 0.717) is 12.8 Å². The topological polar surface area (TPSA) is 113 Å². The Balaban J connectivity index is 2.74. The van der Waals surface area contributed by atoms with Crippen LogP contribution in [0, 0.1) is 10.8 Å². The average molecular weight is 351 g/mol. The largest absolute Gasteiger partial charge is 0.469 e. The fraction of sp³-hybridized carbons (Fsp3) is 0.933. The second-order valence-corrected chi connectivity index (χ2v) is 9.25. The maximum absolute atomic E-state index is 12.3. The predicted molar refractivity (Wildman–Crippen MR) is 86.2 cm³/mol. The van der Waals surface area contributed by atoms with Gasteiger partial charge in [0.25, 0.3) is 0 Å². The van der Waals surface area contributed by atoms with Gasteiger partial charge in [-0.05, 0) is 24.7 Å². The Morgan fingerprint density at radius 2 is 1.91 bits per heavy atom. The van der Waals surface area contributed by atoms with Crippen molar-refractivity contribution < 1.29 is 28.2 Å². The van der Waals surface area contributed by atoms with Crippen LogP contribution in [0.15, 0.2) is 0 Å². The molecule has 0 spiro atoms. The standard InChI is InChI=1S/C15H29NO6S/c1-14(2,3)12(18)8-11(9-17)16-23(20,21)10-15(6-5-7-15)13(19)22-4/h11-12,16-18H,5-10H2,1-4H3/t11-,12-/m1/s1. The summed E-state index contributed by atoms with van der Waals surface area (Å²) in [5.41, 5.74) is -1.40. The molecule has 3 N–H and O–H groups in total. The highest BCUT2D eigenvalue weighted by atomic mass is 32.2. The molecule has 23 heavy (non-hydrogen) atoms. The van der Waals surface area contributed by atoms with Crippen LogP contribution in [0.5, 0.6) is 0 Å². The molecule has 1 saturated carbocycles. The first-order chi connectivity index (χ1) is 10.5. The minimum Gasteiger partial charge on any atom is -0.469 e. The molecule has 0 aromatic heterocycles. The third kappa shape index (κ3) is 5.41. The van der Waals surface area contributed by atoms with Gasteiger partial charge in [0.1, 0.15) is 0 Å². The number of hydrogen-bond donors (Lipinski definition) is 3. The summed E-state index contributed by atoms with van der Waals surface area (Å²) in [7, 11) is -2.53. The molecule has 0 aromatic carbocycles. The molecule has 0 bridgehead atoms. The van der Waals surface area contributed by atoms with E-state index in [1.54, 1.807) is 0 Å². The van der Waals surface area contributed by atoms with Crippen molar-refractivity contribution in [3.05, 3.63) is 0 Å². The van der Waals surface area contributed by atoms with Crippen LogP contribution in [0.3, 0.4) is 0 Å². The van der Waals surface area contributed by atoms with E-state index in [0.717, 1.165) is 6.42 Å². The SMILES string of the molecule is COC(=O)C1(CS(=O)(=O)N[C@@H](CO)C[C@@H](O)C(C)(C)C)CCC1. The number of nitrogens with one attached hydrogen (secondary N) is 1. The second kappa shape index (κ2) is 7.46. The minimum atomic E-state index is -3.78. The molecule has 1 aliphatic carbocycles. The molecule has 1 rings (SSSR count). The van der Waals surface area contributed by atoms with Gasteiger partial charge in [0.2, 0.25) is 10.0 Å². The Morgan fingerprint density at radius 1 is 1.35 bits per heavy atom. The Bertz CT molecular complexity index is 507. The number of carbonyl (C=O) groups is 1. The smallest absolute Gasteiger partial charge is 0.312 e. The number of rotatable bonds is 8. The van der Waals surface area contributed by atoms with E-state index in [1.807, 2.05) is 20.8 Å². The van der Waals surface area contributed by atoms with Crippen LogP contribution in [-0.2, 0) is 19.6 Å². The van der Waals surface area contributed by atoms with Crippen molar-refractivity contribution in [1.82, 2.24) is 4.72 Å². The lowest BCUT2D eigenvalue weighted by molar-refractivity contribution is -0.156. The predicted octanol–water partition coefficient (Wildman–Crippen LogP) is 0.407. The van der Waals surface area contributed by atoms with Crippen LogP contribution in [-0.4, -0.2) is 56.2 Å². The van der Waals surface area contributed by atoms with Crippen molar-refractivity contribution in [2.75, 3.05) is 19.5 Å². The van der Waals surface area contributed by atoms with Crippen molar-refractivity contribution in [3.8, 4) is 0 Å². The third-order valence-corrected chi connectivity index (χ3v) is 6.09. The van der Waals surface area contributed by atoms with Crippen molar-refractivity contribution in [1.29, 1.82) is 0 Å². The van der Waals surface area contributed by atoms with Gasteiger partial charge in [-0.2, -0.15) is 0 Å². The van der Waals surface area contributed by atoms with Crippen LogP contribution >= 0.6 is 0 Å². The highest BCUT2D eigenvalue weighted by Gasteiger charge is 2.48. The first-order valence-electron chi connectivity index (χ1n) is 7.83. The Hall–Kier alpha value is -0.700. The molecule has 8 heteroatoms. The van der Waals surface area contributed by atoms with E-state index < -0.39 is 45.6 Å². The van der Waals surface area contributed by atoms with E-state index in [2.05, 4.69) is 4.72 Å². The fourth-order valence-electron chi connectivity index (χ4n) is 2.67. The summed E-state index contributed by atoms with van der Waals surface area (Å²) in [6.07, 6.45) is 1.09. The summed E-state index contributed by atoms with van der Waals surface area (Å²) in [6.45, 7) is 5.08.